The number of aromatic nitrogens is 2. The Labute approximate surface area is 316 Å². The molecule has 0 radical (unpaired) electrons. The zero-order chi connectivity index (χ0) is 40.7. The number of nitrogens with zero attached hydrogens (tertiary/aromatic N) is 1. The molecule has 55 heavy (non-hydrogen) atoms. The van der Waals surface area contributed by atoms with Gasteiger partial charge in [0.05, 0.1) is 6.61 Å². The molecule has 2 heterocycles. The first-order valence-corrected chi connectivity index (χ1v) is 17.7. The highest BCUT2D eigenvalue weighted by Gasteiger charge is 2.56. The lowest BCUT2D eigenvalue weighted by molar-refractivity contribution is -0.176. The number of benzene rings is 1. The number of ether oxygens (including phenoxy) is 6. The number of hydrogen-bond acceptors (Lipinski definition) is 15. The number of aromatic amines is 1. The van der Waals surface area contributed by atoms with E-state index in [1.165, 1.54) is 0 Å². The maximum atomic E-state index is 13.4. The number of amides is 2. The van der Waals surface area contributed by atoms with Crippen molar-refractivity contribution >= 4 is 35.9 Å². The standard InChI is InChI=1S/C36H49N5O14/c1-7-50-34(47)27(37-15-11-16-38-32(46)25(18-20(2)3)39-36(49)51-19-24-12-9-8-10-13-24)28(52-21(4)42)29-30(53-22(5)43)31(54-23(6)44)33(55-29)41-17-14-26(45)40-35(41)48/h8-10,12-14,17,20,25,27-31,33,37H,7,11,15-16,18-19H2,1-6H3,(H,38,46)(H,39,49)(H,40,45,48). The van der Waals surface area contributed by atoms with Crippen LogP contribution < -0.4 is 27.2 Å². The zero-order valence-corrected chi connectivity index (χ0v) is 31.6. The SMILES string of the molecule is CCOC(=O)C(NCCCNC(=O)C(CC(C)C)NC(=O)OCc1ccccc1)C(OC(C)=O)C1OC(n2ccc(=O)[nH]c2=O)C(OC(C)=O)C1OC(C)=O. The smallest absolute Gasteiger partial charge is 0.408 e. The van der Waals surface area contributed by atoms with Crippen LogP contribution in [-0.2, 0) is 59.0 Å². The average molecular weight is 776 g/mol. The summed E-state index contributed by atoms with van der Waals surface area (Å²) in [4.78, 5) is 103. The highest BCUT2D eigenvalue weighted by molar-refractivity contribution is 5.85. The minimum absolute atomic E-state index is 0.0179. The summed E-state index contributed by atoms with van der Waals surface area (Å²) >= 11 is 0. The van der Waals surface area contributed by atoms with Gasteiger partial charge in [0.25, 0.3) is 5.56 Å². The molecule has 0 saturated carbocycles. The van der Waals surface area contributed by atoms with E-state index in [1.54, 1.807) is 19.1 Å². The van der Waals surface area contributed by atoms with E-state index in [4.69, 9.17) is 28.4 Å². The van der Waals surface area contributed by atoms with Gasteiger partial charge in [-0.25, -0.2) is 9.59 Å². The van der Waals surface area contributed by atoms with Gasteiger partial charge in [0.1, 0.15) is 24.8 Å². The largest absolute Gasteiger partial charge is 0.465 e. The van der Waals surface area contributed by atoms with E-state index in [-0.39, 0.29) is 38.6 Å². The van der Waals surface area contributed by atoms with E-state index in [2.05, 4.69) is 20.9 Å². The van der Waals surface area contributed by atoms with E-state index >= 15 is 0 Å². The van der Waals surface area contributed by atoms with E-state index in [9.17, 15) is 38.4 Å². The second kappa shape index (κ2) is 21.4. The van der Waals surface area contributed by atoms with E-state index in [1.807, 2.05) is 32.0 Å². The fourth-order valence-corrected chi connectivity index (χ4v) is 5.80. The molecule has 2 aromatic rings. The zero-order valence-electron chi connectivity index (χ0n) is 31.6. The van der Waals surface area contributed by atoms with Gasteiger partial charge in [-0.3, -0.25) is 38.3 Å². The van der Waals surface area contributed by atoms with Crippen LogP contribution in [-0.4, -0.2) is 102 Å². The highest BCUT2D eigenvalue weighted by Crippen LogP contribution is 2.36. The Morgan fingerprint density at radius 2 is 1.56 bits per heavy atom. The third kappa shape index (κ3) is 13.7. The Kier molecular flexibility index (Phi) is 17.0. The molecule has 0 spiro atoms. The van der Waals surface area contributed by atoms with Crippen molar-refractivity contribution in [2.45, 2.75) is 104 Å². The third-order valence-electron chi connectivity index (χ3n) is 8.00. The molecule has 7 unspecified atom stereocenters. The Bertz CT molecular complexity index is 1750. The van der Waals surface area contributed by atoms with Gasteiger partial charge in [-0.1, -0.05) is 44.2 Å². The lowest BCUT2D eigenvalue weighted by atomic mass is 9.98. The molecule has 1 aliphatic rings. The van der Waals surface area contributed by atoms with Crippen molar-refractivity contribution in [2.75, 3.05) is 19.7 Å². The normalized spacial score (nSPS) is 19.3. The summed E-state index contributed by atoms with van der Waals surface area (Å²) < 4.78 is 34.1. The fraction of sp³-hybridized carbons (Fsp3) is 0.556. The fourth-order valence-electron chi connectivity index (χ4n) is 5.80. The molecular formula is C36H49N5O14. The van der Waals surface area contributed by atoms with Crippen LogP contribution >= 0.6 is 0 Å². The van der Waals surface area contributed by atoms with Crippen LogP contribution in [0.25, 0.3) is 0 Å². The van der Waals surface area contributed by atoms with Crippen molar-refractivity contribution in [1.29, 1.82) is 0 Å². The number of carbonyl (C=O) groups is 6. The van der Waals surface area contributed by atoms with Gasteiger partial charge in [-0.05, 0) is 37.8 Å². The summed E-state index contributed by atoms with van der Waals surface area (Å²) in [5.41, 5.74) is -0.912. The van der Waals surface area contributed by atoms with Crippen molar-refractivity contribution in [2.24, 2.45) is 5.92 Å². The molecule has 3 rings (SSSR count). The maximum absolute atomic E-state index is 13.4. The number of nitrogens with one attached hydrogen (secondary N) is 4. The second-order valence-electron chi connectivity index (χ2n) is 12.9. The van der Waals surface area contributed by atoms with Gasteiger partial charge >= 0.3 is 35.7 Å². The molecule has 1 saturated heterocycles. The molecule has 19 heteroatoms. The summed E-state index contributed by atoms with van der Waals surface area (Å²) in [7, 11) is 0. The molecule has 1 aromatic carbocycles. The average Bonchev–Trinajstić information content (AvgIpc) is 3.43. The van der Waals surface area contributed by atoms with Gasteiger partial charge in [-0.2, -0.15) is 0 Å². The molecule has 1 aliphatic heterocycles. The summed E-state index contributed by atoms with van der Waals surface area (Å²) in [5, 5.41) is 8.32. The molecule has 19 nitrogen and oxygen atoms in total. The lowest BCUT2D eigenvalue weighted by Gasteiger charge is -2.32. The summed E-state index contributed by atoms with van der Waals surface area (Å²) in [6, 6.07) is 7.68. The van der Waals surface area contributed by atoms with E-state index < -0.39 is 89.9 Å². The van der Waals surface area contributed by atoms with Crippen molar-refractivity contribution in [3.8, 4) is 0 Å². The molecule has 1 aromatic heterocycles. The van der Waals surface area contributed by atoms with Gasteiger partial charge in [0, 0.05) is 39.6 Å². The van der Waals surface area contributed by atoms with E-state index in [0.717, 1.165) is 43.2 Å². The number of hydrogen-bond donors (Lipinski definition) is 4. The number of alkyl carbamates (subject to hydrolysis) is 1. The van der Waals surface area contributed by atoms with Crippen molar-refractivity contribution < 1.29 is 57.2 Å². The highest BCUT2D eigenvalue weighted by atomic mass is 16.7. The van der Waals surface area contributed by atoms with Crippen LogP contribution in [0.5, 0.6) is 0 Å². The van der Waals surface area contributed by atoms with Crippen LogP contribution in [0, 0.1) is 5.92 Å². The van der Waals surface area contributed by atoms with Crippen LogP contribution in [0.4, 0.5) is 4.79 Å². The minimum Gasteiger partial charge on any atom is -0.465 e. The molecule has 302 valence electrons. The van der Waals surface area contributed by atoms with Gasteiger partial charge in [-0.15, -0.1) is 0 Å². The molecule has 7 atom stereocenters. The van der Waals surface area contributed by atoms with Gasteiger partial charge in [0.15, 0.2) is 24.5 Å². The Morgan fingerprint density at radius 1 is 0.891 bits per heavy atom. The molecule has 4 N–H and O–H groups in total. The number of esters is 4. The quantitative estimate of drug-likeness (QED) is 0.0867. The predicted molar refractivity (Wildman–Crippen MR) is 191 cm³/mol. The molecular weight excluding hydrogens is 726 g/mol. The Morgan fingerprint density at radius 3 is 2.16 bits per heavy atom. The second-order valence-corrected chi connectivity index (χ2v) is 12.9. The Hall–Kier alpha value is -5.56. The maximum Gasteiger partial charge on any atom is 0.408 e. The van der Waals surface area contributed by atoms with Crippen LogP contribution in [0.1, 0.15) is 66.2 Å². The minimum atomic E-state index is -1.61. The Balaban J connectivity index is 1.79. The molecule has 0 bridgehead atoms. The van der Waals surface area contributed by atoms with Crippen molar-refractivity contribution in [3.05, 3.63) is 69.0 Å². The molecule has 2 amide bonds. The van der Waals surface area contributed by atoms with E-state index in [0.29, 0.717) is 6.42 Å². The van der Waals surface area contributed by atoms with Crippen LogP contribution in [0.3, 0.4) is 0 Å². The van der Waals surface area contributed by atoms with Crippen LogP contribution in [0.2, 0.25) is 0 Å². The summed E-state index contributed by atoms with van der Waals surface area (Å²) in [6.45, 7) is 8.57. The first-order valence-electron chi connectivity index (χ1n) is 17.7. The van der Waals surface area contributed by atoms with Crippen molar-refractivity contribution in [3.63, 3.8) is 0 Å². The summed E-state index contributed by atoms with van der Waals surface area (Å²) in [5.74, 6) is -3.90. The molecule has 1 fully saturated rings. The van der Waals surface area contributed by atoms with Crippen molar-refractivity contribution in [1.82, 2.24) is 25.5 Å². The van der Waals surface area contributed by atoms with Crippen LogP contribution in [0.15, 0.2) is 52.2 Å². The molecule has 0 aliphatic carbocycles. The first-order chi connectivity index (χ1) is 26.1. The van der Waals surface area contributed by atoms with Gasteiger partial charge < -0.3 is 44.4 Å². The van der Waals surface area contributed by atoms with Gasteiger partial charge in [0.2, 0.25) is 5.91 Å². The third-order valence-corrected chi connectivity index (χ3v) is 8.00. The monoisotopic (exact) mass is 775 g/mol. The number of H-pyrrole nitrogens is 1. The predicted octanol–water partition coefficient (Wildman–Crippen LogP) is 0.598. The topological polar surface area (TPSA) is 249 Å². The lowest BCUT2D eigenvalue weighted by Crippen LogP contribution is -2.57. The number of carbonyl (C=O) groups excluding carboxylic acids is 6. The first kappa shape index (κ1) is 43.8. The number of rotatable bonds is 19. The summed E-state index contributed by atoms with van der Waals surface area (Å²) in [6.07, 6.45) is -6.90.